The van der Waals surface area contributed by atoms with E-state index in [0.717, 1.165) is 38.5 Å². The van der Waals surface area contributed by atoms with Crippen LogP contribution in [-0.2, 0) is 14.3 Å². The fourth-order valence-electron chi connectivity index (χ4n) is 7.20. The summed E-state index contributed by atoms with van der Waals surface area (Å²) in [6, 6.07) is 0. The lowest BCUT2D eigenvalue weighted by Crippen LogP contribution is -2.33. The summed E-state index contributed by atoms with van der Waals surface area (Å²) >= 11 is 0. The van der Waals surface area contributed by atoms with Gasteiger partial charge in [-0.15, -0.1) is 0 Å². The summed E-state index contributed by atoms with van der Waals surface area (Å²) in [5.41, 5.74) is -0.249. The van der Waals surface area contributed by atoms with Crippen molar-refractivity contribution in [2.24, 2.45) is 5.41 Å². The second kappa shape index (κ2) is 35.3. The second-order valence-electron chi connectivity index (χ2n) is 14.6. The van der Waals surface area contributed by atoms with Gasteiger partial charge in [-0.1, -0.05) is 206 Å². The van der Waals surface area contributed by atoms with E-state index < -0.39 is 5.97 Å². The van der Waals surface area contributed by atoms with Crippen LogP contribution in [-0.4, -0.2) is 23.7 Å². The van der Waals surface area contributed by atoms with E-state index in [2.05, 4.69) is 13.8 Å². The summed E-state index contributed by atoms with van der Waals surface area (Å²) in [6.45, 7) is 7.03. The van der Waals surface area contributed by atoms with Crippen LogP contribution in [0.25, 0.3) is 0 Å². The maximum absolute atomic E-state index is 13.4. The number of carbonyl (C=O) groups excluding carboxylic acids is 1. The normalized spacial score (nSPS) is 12.8. The Balaban J connectivity index is 4.24. The first-order chi connectivity index (χ1) is 22.5. The molecule has 0 aliphatic rings. The van der Waals surface area contributed by atoms with Crippen molar-refractivity contribution in [2.45, 2.75) is 245 Å². The molecule has 0 amide bonds. The van der Waals surface area contributed by atoms with Gasteiger partial charge in [-0.05, 0) is 32.6 Å². The highest BCUT2D eigenvalue weighted by molar-refractivity contribution is 5.76. The first-order valence-corrected chi connectivity index (χ1v) is 20.9. The van der Waals surface area contributed by atoms with Gasteiger partial charge in [-0.25, -0.2) is 0 Å². The van der Waals surface area contributed by atoms with Crippen LogP contribution >= 0.6 is 0 Å². The van der Waals surface area contributed by atoms with Gasteiger partial charge in [0, 0.05) is 6.42 Å². The molecule has 4 heteroatoms. The molecule has 0 rings (SSSR count). The Morgan fingerprint density at radius 2 is 0.674 bits per heavy atom. The number of carboxylic acid groups (broad SMARTS) is 1. The van der Waals surface area contributed by atoms with Crippen LogP contribution < -0.4 is 0 Å². The zero-order valence-corrected chi connectivity index (χ0v) is 31.6. The van der Waals surface area contributed by atoms with Gasteiger partial charge in [0.2, 0.25) is 0 Å². The molecule has 0 aliphatic carbocycles. The van der Waals surface area contributed by atoms with E-state index in [0.29, 0.717) is 13.0 Å². The van der Waals surface area contributed by atoms with Gasteiger partial charge in [-0.3, -0.25) is 9.59 Å². The highest BCUT2D eigenvalue weighted by Crippen LogP contribution is 2.39. The maximum Gasteiger partial charge on any atom is 0.312 e. The minimum atomic E-state index is -0.663. The average molecular weight is 651 g/mol. The topological polar surface area (TPSA) is 63.6 Å². The van der Waals surface area contributed by atoms with Crippen LogP contribution in [0.4, 0.5) is 0 Å². The van der Waals surface area contributed by atoms with Gasteiger partial charge in [0.05, 0.1) is 12.0 Å². The van der Waals surface area contributed by atoms with Crippen LogP contribution in [0.1, 0.15) is 245 Å². The number of ether oxygens (including phenoxy) is 1. The number of unbranched alkanes of at least 4 members (excludes halogenated alkanes) is 28. The summed E-state index contributed by atoms with van der Waals surface area (Å²) in [4.78, 5) is 24.0. The third-order valence-electron chi connectivity index (χ3n) is 10.3. The molecular weight excluding hydrogens is 568 g/mol. The summed E-state index contributed by atoms with van der Waals surface area (Å²) < 4.78 is 5.75. The number of carboxylic acids is 1. The minimum Gasteiger partial charge on any atom is -0.481 e. The second-order valence-corrected chi connectivity index (χ2v) is 14.6. The van der Waals surface area contributed by atoms with E-state index in [1.54, 1.807) is 0 Å². The molecule has 274 valence electrons. The lowest BCUT2D eigenvalue weighted by Gasteiger charge is -2.32. The number of carbonyl (C=O) groups is 2. The average Bonchev–Trinajstić information content (AvgIpc) is 3.04. The van der Waals surface area contributed by atoms with E-state index in [-0.39, 0.29) is 11.4 Å². The zero-order valence-electron chi connectivity index (χ0n) is 31.6. The SMILES string of the molecule is CCCCCCCCCCCCCCC(CCCCCC)(CCCCCCCCCCCCCCCCCC(=O)O)C(=O)OCC. The molecule has 1 atom stereocenters. The lowest BCUT2D eigenvalue weighted by atomic mass is 9.74. The molecule has 46 heavy (non-hydrogen) atoms. The van der Waals surface area contributed by atoms with Crippen LogP contribution in [0.5, 0.6) is 0 Å². The predicted octanol–water partition coefficient (Wildman–Crippen LogP) is 14.3. The van der Waals surface area contributed by atoms with Crippen molar-refractivity contribution in [3.8, 4) is 0 Å². The van der Waals surface area contributed by atoms with Crippen molar-refractivity contribution in [2.75, 3.05) is 6.61 Å². The van der Waals surface area contributed by atoms with Gasteiger partial charge < -0.3 is 9.84 Å². The Morgan fingerprint density at radius 3 is 0.957 bits per heavy atom. The van der Waals surface area contributed by atoms with Crippen LogP contribution in [0.3, 0.4) is 0 Å². The van der Waals surface area contributed by atoms with Gasteiger partial charge >= 0.3 is 11.9 Å². The maximum atomic E-state index is 13.4. The molecule has 0 aromatic carbocycles. The third-order valence-corrected chi connectivity index (χ3v) is 10.3. The molecule has 0 fully saturated rings. The molecule has 0 aliphatic heterocycles. The van der Waals surface area contributed by atoms with E-state index in [9.17, 15) is 9.59 Å². The Bertz CT molecular complexity index is 648. The van der Waals surface area contributed by atoms with Gasteiger partial charge in [0.15, 0.2) is 0 Å². The Kier molecular flexibility index (Phi) is 34.4. The van der Waals surface area contributed by atoms with E-state index in [1.165, 1.54) is 180 Å². The van der Waals surface area contributed by atoms with E-state index in [4.69, 9.17) is 9.84 Å². The molecular formula is C42H82O4. The molecule has 1 unspecified atom stereocenters. The fraction of sp³-hybridized carbons (Fsp3) is 0.952. The van der Waals surface area contributed by atoms with Crippen molar-refractivity contribution in [3.63, 3.8) is 0 Å². The van der Waals surface area contributed by atoms with Crippen molar-refractivity contribution in [1.82, 2.24) is 0 Å². The number of aliphatic carboxylic acids is 1. The molecule has 0 aromatic heterocycles. The largest absolute Gasteiger partial charge is 0.481 e. The molecule has 0 heterocycles. The van der Waals surface area contributed by atoms with Gasteiger partial charge in [-0.2, -0.15) is 0 Å². The number of rotatable bonds is 38. The standard InChI is InChI=1S/C42H82O4/c1-4-7-9-11-12-13-14-21-24-27-30-34-38-42(41(45)46-6-3,37-33-10-8-5-2)39-35-31-28-25-22-19-17-15-16-18-20-23-26-29-32-36-40(43)44/h4-39H2,1-3H3,(H,43,44). The number of hydrogen-bond acceptors (Lipinski definition) is 3. The molecule has 1 N–H and O–H groups in total. The van der Waals surface area contributed by atoms with E-state index >= 15 is 0 Å². The van der Waals surface area contributed by atoms with Crippen LogP contribution in [0.15, 0.2) is 0 Å². The highest BCUT2D eigenvalue weighted by atomic mass is 16.5. The van der Waals surface area contributed by atoms with E-state index in [1.807, 2.05) is 6.92 Å². The summed E-state index contributed by atoms with van der Waals surface area (Å²) in [5, 5.41) is 8.70. The summed E-state index contributed by atoms with van der Waals surface area (Å²) in [5.74, 6) is -0.558. The third kappa shape index (κ3) is 29.1. The highest BCUT2D eigenvalue weighted by Gasteiger charge is 2.38. The Hall–Kier alpha value is -1.06. The minimum absolute atomic E-state index is 0.104. The number of hydrogen-bond donors (Lipinski definition) is 1. The quantitative estimate of drug-likeness (QED) is 0.0533. The number of esters is 1. The Labute approximate surface area is 288 Å². The first kappa shape index (κ1) is 44.9. The molecule has 0 spiro atoms. The van der Waals surface area contributed by atoms with Gasteiger partial charge in [0.1, 0.15) is 0 Å². The van der Waals surface area contributed by atoms with Crippen molar-refractivity contribution in [3.05, 3.63) is 0 Å². The van der Waals surface area contributed by atoms with Crippen molar-refractivity contribution in [1.29, 1.82) is 0 Å². The summed E-state index contributed by atoms with van der Waals surface area (Å²) in [6.07, 6.45) is 43.4. The molecule has 0 bridgehead atoms. The zero-order chi connectivity index (χ0) is 33.8. The van der Waals surface area contributed by atoms with Crippen LogP contribution in [0, 0.1) is 5.41 Å². The smallest absolute Gasteiger partial charge is 0.312 e. The van der Waals surface area contributed by atoms with Crippen molar-refractivity contribution >= 4 is 11.9 Å². The Morgan fingerprint density at radius 1 is 0.413 bits per heavy atom. The fourth-order valence-corrected chi connectivity index (χ4v) is 7.20. The van der Waals surface area contributed by atoms with Gasteiger partial charge in [0.25, 0.3) is 0 Å². The van der Waals surface area contributed by atoms with Crippen LogP contribution in [0.2, 0.25) is 0 Å². The molecule has 0 saturated carbocycles. The van der Waals surface area contributed by atoms with Crippen molar-refractivity contribution < 1.29 is 19.4 Å². The molecule has 4 nitrogen and oxygen atoms in total. The first-order valence-electron chi connectivity index (χ1n) is 20.9. The molecule has 0 aromatic rings. The predicted molar refractivity (Wildman–Crippen MR) is 200 cm³/mol. The molecule has 0 saturated heterocycles. The molecule has 0 radical (unpaired) electrons. The monoisotopic (exact) mass is 651 g/mol. The summed E-state index contributed by atoms with van der Waals surface area (Å²) in [7, 11) is 0. The lowest BCUT2D eigenvalue weighted by molar-refractivity contribution is -0.157.